The number of nitrogens with two attached hydrogens (primary N) is 1. The average molecular weight is 346 g/mol. The molecule has 0 radical (unpaired) electrons. The van der Waals surface area contributed by atoms with Gasteiger partial charge in [0.25, 0.3) is 0 Å². The molecule has 0 aliphatic carbocycles. The fourth-order valence-corrected chi connectivity index (χ4v) is 3.86. The maximum atomic E-state index is 12.0. The number of aromatic amines is 1. The maximum absolute atomic E-state index is 12.0. The maximum Gasteiger partial charge on any atom is 0.360 e. The summed E-state index contributed by atoms with van der Waals surface area (Å²) >= 11 is 0. The zero-order chi connectivity index (χ0) is 17.7. The van der Waals surface area contributed by atoms with E-state index in [4.69, 9.17) is 5.14 Å². The third-order valence-electron chi connectivity index (χ3n) is 3.79. The van der Waals surface area contributed by atoms with Crippen LogP contribution < -0.4 is 10.8 Å². The van der Waals surface area contributed by atoms with Crippen molar-refractivity contribution < 1.29 is 8.42 Å². The summed E-state index contributed by atoms with van der Waals surface area (Å²) in [6.45, 7) is 5.75. The quantitative estimate of drug-likeness (QED) is 0.735. The van der Waals surface area contributed by atoms with Gasteiger partial charge in [-0.15, -0.1) is 0 Å². The number of H-pyrrole nitrogens is 1. The third kappa shape index (κ3) is 2.74. The number of aromatic nitrogens is 3. The van der Waals surface area contributed by atoms with E-state index in [0.717, 1.165) is 0 Å². The lowest BCUT2D eigenvalue weighted by Crippen LogP contribution is -2.22. The summed E-state index contributed by atoms with van der Waals surface area (Å²) in [6.07, 6.45) is 1.46. The van der Waals surface area contributed by atoms with Gasteiger partial charge in [-0.05, 0) is 29.2 Å². The molecule has 3 rings (SSSR count). The van der Waals surface area contributed by atoms with Gasteiger partial charge in [-0.3, -0.25) is 4.52 Å². The number of nitrogens with zero attached hydrogens (tertiary/aromatic N) is 2. The molecule has 0 aliphatic heterocycles. The van der Waals surface area contributed by atoms with E-state index in [9.17, 15) is 13.2 Å². The number of fused-ring (bicyclic) bond motifs is 1. The summed E-state index contributed by atoms with van der Waals surface area (Å²) in [4.78, 5) is 15.3. The monoisotopic (exact) mass is 346 g/mol. The first-order valence-corrected chi connectivity index (χ1v) is 8.87. The van der Waals surface area contributed by atoms with Crippen LogP contribution in [0.15, 0.2) is 46.2 Å². The molecule has 0 atom stereocenters. The van der Waals surface area contributed by atoms with Gasteiger partial charge in [0, 0.05) is 5.56 Å². The molecule has 2 aromatic heterocycles. The highest BCUT2D eigenvalue weighted by Gasteiger charge is 2.28. The molecule has 0 amide bonds. The lowest BCUT2D eigenvalue weighted by atomic mass is 9.83. The van der Waals surface area contributed by atoms with Crippen LogP contribution in [0.3, 0.4) is 0 Å². The topological polar surface area (TPSA) is 110 Å². The predicted octanol–water partition coefficient (Wildman–Crippen LogP) is 1.63. The zero-order valence-corrected chi connectivity index (χ0v) is 14.4. The molecule has 126 valence electrons. The number of sulfonamides is 1. The summed E-state index contributed by atoms with van der Waals surface area (Å²) in [7, 11) is -3.89. The molecule has 0 unspecified atom stereocenters. The van der Waals surface area contributed by atoms with Crippen molar-refractivity contribution in [2.45, 2.75) is 31.1 Å². The fraction of sp³-hybridized carbons (Fsp3) is 0.250. The molecule has 0 spiro atoms. The van der Waals surface area contributed by atoms with E-state index < -0.39 is 21.1 Å². The van der Waals surface area contributed by atoms with Gasteiger partial charge in [-0.1, -0.05) is 32.9 Å². The summed E-state index contributed by atoms with van der Waals surface area (Å²) in [6, 6.07) is 8.57. The normalized spacial score (nSPS) is 12.7. The Hall–Kier alpha value is -2.45. The first kappa shape index (κ1) is 16.4. The van der Waals surface area contributed by atoms with Crippen molar-refractivity contribution in [3.05, 3.63) is 52.6 Å². The van der Waals surface area contributed by atoms with Crippen LogP contribution in [0.1, 0.15) is 26.3 Å². The van der Waals surface area contributed by atoms with Gasteiger partial charge in [-0.2, -0.15) is 4.98 Å². The minimum absolute atomic E-state index is 0.0823. The second kappa shape index (κ2) is 5.29. The predicted molar refractivity (Wildman–Crippen MR) is 91.3 cm³/mol. The standard InChI is InChI=1S/C16H18N4O3S/c1-16(2,3)14-11(5-4-6-13(14)24(17,22)23)12-8-7-10-9-18-15(21)19-20(10)12/h4-9H,1-3H3,(H,19,21)(H2,17,22,23). The summed E-state index contributed by atoms with van der Waals surface area (Å²) in [5.41, 5.74) is 1.70. The number of nitrogens with one attached hydrogen (secondary N) is 1. The Labute approximate surface area is 139 Å². The van der Waals surface area contributed by atoms with Crippen LogP contribution in [-0.4, -0.2) is 23.0 Å². The Morgan fingerprint density at radius 3 is 2.50 bits per heavy atom. The number of hydrogen-bond donors (Lipinski definition) is 2. The van der Waals surface area contributed by atoms with Gasteiger partial charge in [0.05, 0.1) is 22.3 Å². The van der Waals surface area contributed by atoms with Crippen LogP contribution >= 0.6 is 0 Å². The number of benzene rings is 1. The molecular formula is C16H18N4O3S. The first-order valence-electron chi connectivity index (χ1n) is 7.32. The second-order valence-electron chi connectivity index (χ2n) is 6.63. The molecule has 1 aromatic carbocycles. The van der Waals surface area contributed by atoms with Crippen LogP contribution in [0.5, 0.6) is 0 Å². The van der Waals surface area contributed by atoms with Gasteiger partial charge >= 0.3 is 5.69 Å². The molecule has 0 fully saturated rings. The van der Waals surface area contributed by atoms with Crippen LogP contribution in [0, 0.1) is 0 Å². The number of rotatable bonds is 2. The van der Waals surface area contributed by atoms with Gasteiger partial charge in [-0.25, -0.2) is 23.4 Å². The first-order chi connectivity index (χ1) is 11.1. The van der Waals surface area contributed by atoms with Crippen molar-refractivity contribution in [3.8, 4) is 11.3 Å². The van der Waals surface area contributed by atoms with E-state index in [-0.39, 0.29) is 4.90 Å². The average Bonchev–Trinajstić information content (AvgIpc) is 2.87. The van der Waals surface area contributed by atoms with Crippen LogP contribution in [0.25, 0.3) is 16.8 Å². The number of hydrogen-bond acceptors (Lipinski definition) is 4. The summed E-state index contributed by atoms with van der Waals surface area (Å²) in [5.74, 6) is 0. The van der Waals surface area contributed by atoms with Crippen molar-refractivity contribution in [3.63, 3.8) is 0 Å². The van der Waals surface area contributed by atoms with Crippen molar-refractivity contribution in [2.24, 2.45) is 5.14 Å². The van der Waals surface area contributed by atoms with Crippen molar-refractivity contribution in [1.82, 2.24) is 14.6 Å². The third-order valence-corrected chi connectivity index (χ3v) is 4.74. The van der Waals surface area contributed by atoms with Crippen molar-refractivity contribution in [1.29, 1.82) is 0 Å². The Balaban J connectivity index is 2.44. The Morgan fingerprint density at radius 2 is 1.88 bits per heavy atom. The van der Waals surface area contributed by atoms with Crippen LogP contribution in [0.4, 0.5) is 0 Å². The highest BCUT2D eigenvalue weighted by molar-refractivity contribution is 7.89. The van der Waals surface area contributed by atoms with Gasteiger partial charge < -0.3 is 0 Å². The molecule has 0 bridgehead atoms. The summed E-state index contributed by atoms with van der Waals surface area (Å²) in [5, 5.41) is 8.05. The lowest BCUT2D eigenvalue weighted by Gasteiger charge is -2.25. The molecule has 7 nitrogen and oxygen atoms in total. The van der Waals surface area contributed by atoms with Crippen LogP contribution in [0.2, 0.25) is 0 Å². The molecule has 3 N–H and O–H groups in total. The Morgan fingerprint density at radius 1 is 1.17 bits per heavy atom. The fourth-order valence-electron chi connectivity index (χ4n) is 2.89. The van der Waals surface area contributed by atoms with Gasteiger partial charge in [0.2, 0.25) is 10.0 Å². The van der Waals surface area contributed by atoms with Crippen molar-refractivity contribution >= 4 is 15.5 Å². The SMILES string of the molecule is CC(C)(C)c1c(-c2ccc3cnc(=O)[nH]n23)cccc1S(N)(=O)=O. The van der Waals surface area contributed by atoms with E-state index >= 15 is 0 Å². The Kier molecular flexibility index (Phi) is 3.61. The number of primary sulfonamides is 1. The molecule has 0 aliphatic rings. The van der Waals surface area contributed by atoms with E-state index in [1.54, 1.807) is 16.6 Å². The molecule has 0 saturated heterocycles. The van der Waals surface area contributed by atoms with Gasteiger partial charge in [0.15, 0.2) is 0 Å². The van der Waals surface area contributed by atoms with E-state index in [0.29, 0.717) is 22.3 Å². The smallest absolute Gasteiger partial charge is 0.250 e. The highest BCUT2D eigenvalue weighted by Crippen LogP contribution is 2.37. The van der Waals surface area contributed by atoms with Gasteiger partial charge in [0.1, 0.15) is 0 Å². The molecular weight excluding hydrogens is 328 g/mol. The summed E-state index contributed by atoms with van der Waals surface area (Å²) < 4.78 is 25.7. The zero-order valence-electron chi connectivity index (χ0n) is 13.6. The molecule has 24 heavy (non-hydrogen) atoms. The highest BCUT2D eigenvalue weighted by atomic mass is 32.2. The van der Waals surface area contributed by atoms with Crippen LogP contribution in [-0.2, 0) is 15.4 Å². The lowest BCUT2D eigenvalue weighted by molar-refractivity contribution is 0.563. The minimum Gasteiger partial charge on any atom is -0.250 e. The molecule has 3 aromatic rings. The minimum atomic E-state index is -3.89. The largest absolute Gasteiger partial charge is 0.360 e. The molecule has 8 heteroatoms. The van der Waals surface area contributed by atoms with E-state index in [1.165, 1.54) is 12.3 Å². The second-order valence-corrected chi connectivity index (χ2v) is 8.16. The molecule has 0 saturated carbocycles. The van der Waals surface area contributed by atoms with Crippen molar-refractivity contribution in [2.75, 3.05) is 0 Å². The Bertz CT molecular complexity index is 1090. The van der Waals surface area contributed by atoms with E-state index in [2.05, 4.69) is 10.1 Å². The van der Waals surface area contributed by atoms with E-state index in [1.807, 2.05) is 32.9 Å². The molecule has 2 heterocycles.